The van der Waals surface area contributed by atoms with Crippen LogP contribution in [0.15, 0.2) is 0 Å². The molecule has 0 heterocycles. The number of hydrogen-bond acceptors (Lipinski definition) is 3. The second-order valence-electron chi connectivity index (χ2n) is 3.84. The van der Waals surface area contributed by atoms with Gasteiger partial charge in [0, 0.05) is 5.92 Å². The maximum absolute atomic E-state index is 8.95. The van der Waals surface area contributed by atoms with Crippen LogP contribution in [0.1, 0.15) is 26.2 Å². The highest BCUT2D eigenvalue weighted by molar-refractivity contribution is 5.06. The molecule has 1 fully saturated rings. The number of hydrogen-bond donors (Lipinski definition) is 0. The van der Waals surface area contributed by atoms with Gasteiger partial charge in [-0.2, -0.15) is 15.8 Å². The molecule has 0 spiro atoms. The lowest BCUT2D eigenvalue weighted by Gasteiger charge is -2.32. The van der Waals surface area contributed by atoms with Gasteiger partial charge in [-0.1, -0.05) is 13.3 Å². The fourth-order valence-electron chi connectivity index (χ4n) is 2.31. The Hall–Kier alpha value is -1.53. The maximum Gasteiger partial charge on any atom is 0.0659 e. The van der Waals surface area contributed by atoms with Gasteiger partial charge in [0.05, 0.1) is 30.0 Å². The second-order valence-corrected chi connectivity index (χ2v) is 3.84. The Labute approximate surface area is 84.6 Å². The van der Waals surface area contributed by atoms with Crippen LogP contribution in [0.3, 0.4) is 0 Å². The van der Waals surface area contributed by atoms with Crippen LogP contribution in [-0.4, -0.2) is 0 Å². The van der Waals surface area contributed by atoms with E-state index in [1.54, 1.807) is 0 Å². The van der Waals surface area contributed by atoms with Gasteiger partial charge in [0.25, 0.3) is 0 Å². The molecule has 3 nitrogen and oxygen atoms in total. The van der Waals surface area contributed by atoms with Crippen molar-refractivity contribution in [1.29, 1.82) is 15.8 Å². The molecule has 72 valence electrons. The van der Waals surface area contributed by atoms with Crippen LogP contribution in [0.5, 0.6) is 0 Å². The van der Waals surface area contributed by atoms with E-state index in [1.165, 1.54) is 0 Å². The predicted molar refractivity (Wildman–Crippen MR) is 50.3 cm³/mol. The summed E-state index contributed by atoms with van der Waals surface area (Å²) < 4.78 is 0. The van der Waals surface area contributed by atoms with E-state index in [-0.39, 0.29) is 23.7 Å². The van der Waals surface area contributed by atoms with Crippen molar-refractivity contribution in [3.8, 4) is 18.2 Å². The fraction of sp³-hybridized carbons (Fsp3) is 0.727. The van der Waals surface area contributed by atoms with E-state index in [4.69, 9.17) is 15.8 Å². The van der Waals surface area contributed by atoms with E-state index >= 15 is 0 Å². The van der Waals surface area contributed by atoms with Crippen LogP contribution in [0.25, 0.3) is 0 Å². The predicted octanol–water partition coefficient (Wildman–Crippen LogP) is 2.23. The molecule has 1 rings (SSSR count). The number of nitrogens with zero attached hydrogens (tertiary/aromatic N) is 3. The van der Waals surface area contributed by atoms with Crippen molar-refractivity contribution >= 4 is 0 Å². The first-order valence-corrected chi connectivity index (χ1v) is 4.95. The van der Waals surface area contributed by atoms with Gasteiger partial charge in [-0.25, -0.2) is 0 Å². The zero-order valence-corrected chi connectivity index (χ0v) is 8.27. The molecular formula is C11H13N3. The molecule has 0 N–H and O–H groups in total. The summed E-state index contributed by atoms with van der Waals surface area (Å²) in [6.07, 6.45) is 2.14. The average molecular weight is 187 g/mol. The van der Waals surface area contributed by atoms with Gasteiger partial charge in [0.2, 0.25) is 0 Å². The third-order valence-corrected chi connectivity index (χ3v) is 3.10. The topological polar surface area (TPSA) is 71.4 Å². The molecule has 0 aromatic rings. The molecule has 2 atom stereocenters. The summed E-state index contributed by atoms with van der Waals surface area (Å²) in [5.74, 6) is -0.159. The fourth-order valence-corrected chi connectivity index (χ4v) is 2.31. The minimum Gasteiger partial charge on any atom is -0.198 e. The van der Waals surface area contributed by atoms with Gasteiger partial charge in [0.15, 0.2) is 0 Å². The molecule has 0 radical (unpaired) electrons. The minimum atomic E-state index is -0.108. The lowest BCUT2D eigenvalue weighted by molar-refractivity contribution is 0.195. The Morgan fingerprint density at radius 1 is 1.00 bits per heavy atom. The largest absolute Gasteiger partial charge is 0.198 e. The molecular weight excluding hydrogens is 174 g/mol. The van der Waals surface area contributed by atoms with Gasteiger partial charge >= 0.3 is 0 Å². The first kappa shape index (κ1) is 10.6. The molecule has 1 aliphatic carbocycles. The maximum atomic E-state index is 8.95. The van der Waals surface area contributed by atoms with Crippen molar-refractivity contribution in [3.63, 3.8) is 0 Å². The second kappa shape index (κ2) is 4.64. The first-order chi connectivity index (χ1) is 6.76. The highest BCUT2D eigenvalue weighted by Gasteiger charge is 2.36. The zero-order valence-electron chi connectivity index (χ0n) is 8.27. The number of nitriles is 3. The summed E-state index contributed by atoms with van der Waals surface area (Å²) in [4.78, 5) is 0. The SMILES string of the molecule is CCC1C(C#N)CC(C#N)CC1C#N. The van der Waals surface area contributed by atoms with E-state index in [2.05, 4.69) is 18.2 Å². The van der Waals surface area contributed by atoms with Crippen LogP contribution in [0, 0.1) is 57.7 Å². The minimum absolute atomic E-state index is 0.105. The van der Waals surface area contributed by atoms with Gasteiger partial charge in [-0.3, -0.25) is 0 Å². The van der Waals surface area contributed by atoms with Crippen LogP contribution in [0.4, 0.5) is 0 Å². The monoisotopic (exact) mass is 187 g/mol. The van der Waals surface area contributed by atoms with Crippen molar-refractivity contribution in [2.24, 2.45) is 23.7 Å². The smallest absolute Gasteiger partial charge is 0.0659 e. The van der Waals surface area contributed by atoms with Crippen LogP contribution >= 0.6 is 0 Å². The highest BCUT2D eigenvalue weighted by Crippen LogP contribution is 2.39. The summed E-state index contributed by atoms with van der Waals surface area (Å²) in [5.41, 5.74) is 0. The van der Waals surface area contributed by atoms with Crippen molar-refractivity contribution in [1.82, 2.24) is 0 Å². The van der Waals surface area contributed by atoms with E-state index in [1.807, 2.05) is 6.92 Å². The quantitative estimate of drug-likeness (QED) is 0.631. The molecule has 0 saturated heterocycles. The summed E-state index contributed by atoms with van der Waals surface area (Å²) >= 11 is 0. The normalized spacial score (nSPS) is 36.4. The molecule has 0 aromatic heterocycles. The highest BCUT2D eigenvalue weighted by atomic mass is 14.4. The molecule has 0 aromatic carbocycles. The summed E-state index contributed by atoms with van der Waals surface area (Å²) in [6.45, 7) is 2.01. The molecule has 0 aliphatic heterocycles. The third kappa shape index (κ3) is 1.86. The molecule has 1 aliphatic rings. The third-order valence-electron chi connectivity index (χ3n) is 3.10. The van der Waals surface area contributed by atoms with Crippen LogP contribution in [0.2, 0.25) is 0 Å². The van der Waals surface area contributed by atoms with Crippen molar-refractivity contribution < 1.29 is 0 Å². The summed E-state index contributed by atoms with van der Waals surface area (Å²) in [6, 6.07) is 6.64. The van der Waals surface area contributed by atoms with Crippen LogP contribution < -0.4 is 0 Å². The molecule has 14 heavy (non-hydrogen) atoms. The molecule has 0 bridgehead atoms. The van der Waals surface area contributed by atoms with Crippen molar-refractivity contribution in [3.05, 3.63) is 0 Å². The molecule has 3 heteroatoms. The van der Waals surface area contributed by atoms with E-state index in [9.17, 15) is 0 Å². The molecule has 2 unspecified atom stereocenters. The lowest BCUT2D eigenvalue weighted by Crippen LogP contribution is -2.30. The standard InChI is InChI=1S/C11H13N3/c1-2-11-9(6-13)3-8(5-12)4-10(11)7-14/h8-11H,2-4H2,1H3. The summed E-state index contributed by atoms with van der Waals surface area (Å²) in [7, 11) is 0. The van der Waals surface area contributed by atoms with Crippen molar-refractivity contribution in [2.45, 2.75) is 26.2 Å². The Balaban J connectivity index is 2.82. The Bertz CT molecular complexity index is 291. The first-order valence-electron chi connectivity index (χ1n) is 4.95. The van der Waals surface area contributed by atoms with Gasteiger partial charge in [0.1, 0.15) is 0 Å². The molecule has 0 amide bonds. The zero-order chi connectivity index (χ0) is 10.6. The van der Waals surface area contributed by atoms with E-state index in [0.29, 0.717) is 12.8 Å². The van der Waals surface area contributed by atoms with E-state index < -0.39 is 0 Å². The van der Waals surface area contributed by atoms with Gasteiger partial charge < -0.3 is 0 Å². The van der Waals surface area contributed by atoms with Gasteiger partial charge in [-0.05, 0) is 18.8 Å². The number of rotatable bonds is 1. The Kier molecular flexibility index (Phi) is 3.49. The van der Waals surface area contributed by atoms with Crippen LogP contribution in [-0.2, 0) is 0 Å². The Morgan fingerprint density at radius 2 is 1.50 bits per heavy atom. The van der Waals surface area contributed by atoms with Crippen molar-refractivity contribution in [2.75, 3.05) is 0 Å². The summed E-state index contributed by atoms with van der Waals surface area (Å²) in [5, 5.41) is 26.7. The Morgan fingerprint density at radius 3 is 1.79 bits per heavy atom. The van der Waals surface area contributed by atoms with Gasteiger partial charge in [-0.15, -0.1) is 0 Å². The lowest BCUT2D eigenvalue weighted by atomic mass is 9.68. The van der Waals surface area contributed by atoms with E-state index in [0.717, 1.165) is 6.42 Å². The molecule has 1 saturated carbocycles. The average Bonchev–Trinajstić information content (AvgIpc) is 2.26.